The Kier molecular flexibility index (Phi) is 6.11. The van der Waals surface area contributed by atoms with Gasteiger partial charge in [0.15, 0.2) is 0 Å². The van der Waals surface area contributed by atoms with Crippen LogP contribution in [0, 0.1) is 5.92 Å². The minimum absolute atomic E-state index is 0.0962. The number of methoxy groups -OCH3 is 1. The van der Waals surface area contributed by atoms with E-state index in [0.717, 1.165) is 19.1 Å². The SMILES string of the molecule is CCC[C@@H]1CN(C(=O)c2cc(Cl)ccc2OC)C[C@H]1NS(C)(=O)=O. The number of nitrogens with one attached hydrogen (secondary N) is 1. The van der Waals surface area contributed by atoms with Crippen LogP contribution in [0.15, 0.2) is 18.2 Å². The number of benzene rings is 1. The summed E-state index contributed by atoms with van der Waals surface area (Å²) >= 11 is 6.00. The molecule has 24 heavy (non-hydrogen) atoms. The first-order valence-corrected chi connectivity index (χ1v) is 10.1. The third-order valence-corrected chi connectivity index (χ3v) is 5.11. The van der Waals surface area contributed by atoms with E-state index < -0.39 is 10.0 Å². The number of hydrogen-bond acceptors (Lipinski definition) is 4. The van der Waals surface area contributed by atoms with Gasteiger partial charge in [-0.1, -0.05) is 24.9 Å². The number of ether oxygens (including phenoxy) is 1. The molecule has 1 N–H and O–H groups in total. The highest BCUT2D eigenvalue weighted by Gasteiger charge is 2.37. The van der Waals surface area contributed by atoms with E-state index >= 15 is 0 Å². The fourth-order valence-corrected chi connectivity index (χ4v) is 4.12. The smallest absolute Gasteiger partial charge is 0.257 e. The highest BCUT2D eigenvalue weighted by molar-refractivity contribution is 7.88. The first-order chi connectivity index (χ1) is 11.2. The average Bonchev–Trinajstić information content (AvgIpc) is 2.87. The van der Waals surface area contributed by atoms with Gasteiger partial charge >= 0.3 is 0 Å². The lowest BCUT2D eigenvalue weighted by Gasteiger charge is -2.18. The normalized spacial score (nSPS) is 21.1. The maximum Gasteiger partial charge on any atom is 0.257 e. The van der Waals surface area contributed by atoms with Crippen molar-refractivity contribution in [3.8, 4) is 5.75 Å². The second kappa shape index (κ2) is 7.72. The number of likely N-dealkylation sites (tertiary alicyclic amines) is 1. The summed E-state index contributed by atoms with van der Waals surface area (Å²) in [6.07, 6.45) is 2.92. The van der Waals surface area contributed by atoms with Crippen LogP contribution < -0.4 is 9.46 Å². The predicted molar refractivity (Wildman–Crippen MR) is 94.1 cm³/mol. The molecule has 0 spiro atoms. The molecule has 1 amide bonds. The number of sulfonamides is 1. The lowest BCUT2D eigenvalue weighted by molar-refractivity contribution is 0.0781. The van der Waals surface area contributed by atoms with E-state index in [9.17, 15) is 13.2 Å². The number of rotatable bonds is 6. The van der Waals surface area contributed by atoms with E-state index in [4.69, 9.17) is 16.3 Å². The van der Waals surface area contributed by atoms with E-state index in [1.165, 1.54) is 7.11 Å². The molecule has 1 aliphatic heterocycles. The molecule has 1 aromatic rings. The van der Waals surface area contributed by atoms with Crippen LogP contribution >= 0.6 is 11.6 Å². The first-order valence-electron chi connectivity index (χ1n) is 7.85. The third kappa shape index (κ3) is 4.62. The summed E-state index contributed by atoms with van der Waals surface area (Å²) in [5, 5.41) is 0.453. The van der Waals surface area contributed by atoms with Crippen molar-refractivity contribution in [3.05, 3.63) is 28.8 Å². The summed E-state index contributed by atoms with van der Waals surface area (Å²) in [5.41, 5.74) is 0.389. The molecule has 134 valence electrons. The van der Waals surface area contributed by atoms with E-state index in [2.05, 4.69) is 4.72 Å². The van der Waals surface area contributed by atoms with Gasteiger partial charge in [0, 0.05) is 24.2 Å². The molecular formula is C16H23ClN2O4S. The van der Waals surface area contributed by atoms with Gasteiger partial charge in [-0.15, -0.1) is 0 Å². The Hall–Kier alpha value is -1.31. The predicted octanol–water partition coefficient (Wildman–Crippen LogP) is 2.14. The van der Waals surface area contributed by atoms with Gasteiger partial charge in [0.25, 0.3) is 5.91 Å². The van der Waals surface area contributed by atoms with Gasteiger partial charge in [0.05, 0.1) is 18.9 Å². The molecule has 0 unspecified atom stereocenters. The van der Waals surface area contributed by atoms with Crippen molar-refractivity contribution in [1.82, 2.24) is 9.62 Å². The van der Waals surface area contributed by atoms with Crippen molar-refractivity contribution in [2.75, 3.05) is 26.5 Å². The summed E-state index contributed by atoms with van der Waals surface area (Å²) in [7, 11) is -1.83. The topological polar surface area (TPSA) is 75.7 Å². The van der Waals surface area contributed by atoms with E-state index in [1.807, 2.05) is 6.92 Å². The lowest BCUT2D eigenvalue weighted by atomic mass is 9.99. The zero-order chi connectivity index (χ0) is 17.9. The molecule has 0 saturated carbocycles. The molecule has 8 heteroatoms. The van der Waals surface area contributed by atoms with Crippen LogP contribution in [0.3, 0.4) is 0 Å². The molecule has 2 rings (SSSR count). The standard InChI is InChI=1S/C16H23ClN2O4S/c1-4-5-11-9-19(10-14(11)18-24(3,21)22)16(20)13-8-12(17)6-7-15(13)23-2/h6-8,11,14,18H,4-5,9-10H2,1-3H3/t11-,14-/m1/s1. The van der Waals surface area contributed by atoms with Crippen LogP contribution in [-0.2, 0) is 10.0 Å². The number of amides is 1. The van der Waals surface area contributed by atoms with Crippen molar-refractivity contribution in [2.45, 2.75) is 25.8 Å². The van der Waals surface area contributed by atoms with Crippen LogP contribution in [0.25, 0.3) is 0 Å². The van der Waals surface area contributed by atoms with Crippen molar-refractivity contribution >= 4 is 27.5 Å². The Morgan fingerprint density at radius 3 is 2.71 bits per heavy atom. The molecule has 0 bridgehead atoms. The van der Waals surface area contributed by atoms with Crippen molar-refractivity contribution in [3.63, 3.8) is 0 Å². The zero-order valence-corrected chi connectivity index (χ0v) is 15.7. The quantitative estimate of drug-likeness (QED) is 0.827. The minimum Gasteiger partial charge on any atom is -0.496 e. The van der Waals surface area contributed by atoms with Gasteiger partial charge in [0.2, 0.25) is 10.0 Å². The molecule has 0 aromatic heterocycles. The molecule has 6 nitrogen and oxygen atoms in total. The Morgan fingerprint density at radius 2 is 2.12 bits per heavy atom. The number of carbonyl (C=O) groups is 1. The summed E-state index contributed by atoms with van der Waals surface area (Å²) in [6.45, 7) is 2.89. The van der Waals surface area contributed by atoms with Gasteiger partial charge in [-0.05, 0) is 30.5 Å². The molecular weight excluding hydrogens is 352 g/mol. The molecule has 1 aliphatic rings. The number of halogens is 1. The largest absolute Gasteiger partial charge is 0.496 e. The number of nitrogens with zero attached hydrogens (tertiary/aromatic N) is 1. The number of hydrogen-bond donors (Lipinski definition) is 1. The Labute approximate surface area is 148 Å². The van der Waals surface area contributed by atoms with Crippen molar-refractivity contribution in [1.29, 1.82) is 0 Å². The minimum atomic E-state index is -3.33. The van der Waals surface area contributed by atoms with E-state index in [-0.39, 0.29) is 17.9 Å². The lowest BCUT2D eigenvalue weighted by Crippen LogP contribution is -2.40. The van der Waals surface area contributed by atoms with E-state index in [1.54, 1.807) is 23.1 Å². The van der Waals surface area contributed by atoms with Gasteiger partial charge in [0.1, 0.15) is 5.75 Å². The molecule has 1 fully saturated rings. The van der Waals surface area contributed by atoms with Crippen LogP contribution in [0.5, 0.6) is 5.75 Å². The molecule has 2 atom stereocenters. The Balaban J connectivity index is 2.23. The van der Waals surface area contributed by atoms with Gasteiger partial charge in [-0.3, -0.25) is 4.79 Å². The Morgan fingerprint density at radius 1 is 1.42 bits per heavy atom. The second-order valence-electron chi connectivity index (χ2n) is 6.10. The Bertz CT molecular complexity index is 708. The molecule has 1 aromatic carbocycles. The highest BCUT2D eigenvalue weighted by Crippen LogP contribution is 2.28. The highest BCUT2D eigenvalue weighted by atomic mass is 35.5. The summed E-state index contributed by atoms with van der Waals surface area (Å²) in [6, 6.07) is 4.62. The van der Waals surface area contributed by atoms with Crippen LogP contribution in [0.4, 0.5) is 0 Å². The monoisotopic (exact) mass is 374 g/mol. The van der Waals surface area contributed by atoms with Gasteiger partial charge < -0.3 is 9.64 Å². The van der Waals surface area contributed by atoms with Crippen molar-refractivity contribution < 1.29 is 17.9 Å². The number of carbonyl (C=O) groups excluding carboxylic acids is 1. The maximum absolute atomic E-state index is 12.8. The van der Waals surface area contributed by atoms with Gasteiger partial charge in [-0.2, -0.15) is 0 Å². The van der Waals surface area contributed by atoms with Crippen LogP contribution in [0.2, 0.25) is 5.02 Å². The fraction of sp³-hybridized carbons (Fsp3) is 0.562. The zero-order valence-electron chi connectivity index (χ0n) is 14.1. The molecule has 0 aliphatic carbocycles. The molecule has 1 saturated heterocycles. The van der Waals surface area contributed by atoms with Gasteiger partial charge in [-0.25, -0.2) is 13.1 Å². The van der Waals surface area contributed by atoms with E-state index in [0.29, 0.717) is 29.4 Å². The van der Waals surface area contributed by atoms with Crippen LogP contribution in [0.1, 0.15) is 30.1 Å². The second-order valence-corrected chi connectivity index (χ2v) is 8.32. The molecule has 1 heterocycles. The van der Waals surface area contributed by atoms with Crippen LogP contribution in [-0.4, -0.2) is 51.7 Å². The average molecular weight is 375 g/mol. The fourth-order valence-electron chi connectivity index (χ4n) is 3.13. The third-order valence-electron chi connectivity index (χ3n) is 4.15. The first kappa shape index (κ1) is 19.0. The molecule has 0 radical (unpaired) electrons. The summed E-state index contributed by atoms with van der Waals surface area (Å²) in [5.74, 6) is 0.350. The maximum atomic E-state index is 12.8. The summed E-state index contributed by atoms with van der Waals surface area (Å²) < 4.78 is 31.0. The summed E-state index contributed by atoms with van der Waals surface area (Å²) in [4.78, 5) is 14.5. The van der Waals surface area contributed by atoms with Crippen molar-refractivity contribution in [2.24, 2.45) is 5.92 Å².